The van der Waals surface area contributed by atoms with Gasteiger partial charge < -0.3 is 20.4 Å². The van der Waals surface area contributed by atoms with E-state index < -0.39 is 17.4 Å². The van der Waals surface area contributed by atoms with Crippen LogP contribution in [0.4, 0.5) is 4.79 Å². The topological polar surface area (TPSA) is 89.9 Å². The van der Waals surface area contributed by atoms with Crippen molar-refractivity contribution in [3.63, 3.8) is 0 Å². The predicted octanol–water partition coefficient (Wildman–Crippen LogP) is 0.900. The summed E-state index contributed by atoms with van der Waals surface area (Å²) >= 11 is 0. The number of carbonyl (C=O) groups is 2. The van der Waals surface area contributed by atoms with Gasteiger partial charge in [0.15, 0.2) is 0 Å². The zero-order chi connectivity index (χ0) is 14.6. The Kier molecular flexibility index (Phi) is 5.17. The summed E-state index contributed by atoms with van der Waals surface area (Å²) in [4.78, 5) is 24.9. The summed E-state index contributed by atoms with van der Waals surface area (Å²) in [5.41, 5.74) is -0.537. The molecule has 0 radical (unpaired) electrons. The highest BCUT2D eigenvalue weighted by atomic mass is 16.4. The predicted molar refractivity (Wildman–Crippen MR) is 70.8 cm³/mol. The van der Waals surface area contributed by atoms with Crippen molar-refractivity contribution in [3.8, 4) is 0 Å². The van der Waals surface area contributed by atoms with Crippen LogP contribution >= 0.6 is 0 Å². The SMILES string of the molecule is CC(C)(C)[C@H](NC(=O)N1CCC(CO)CC1)C(=O)O. The smallest absolute Gasteiger partial charge is 0.326 e. The number of urea groups is 1. The molecule has 1 saturated heterocycles. The lowest BCUT2D eigenvalue weighted by molar-refractivity contribution is -0.142. The van der Waals surface area contributed by atoms with Gasteiger partial charge in [0.05, 0.1) is 0 Å². The van der Waals surface area contributed by atoms with Gasteiger partial charge in [0, 0.05) is 19.7 Å². The summed E-state index contributed by atoms with van der Waals surface area (Å²) in [7, 11) is 0. The van der Waals surface area contributed by atoms with E-state index in [9.17, 15) is 9.59 Å². The van der Waals surface area contributed by atoms with Crippen molar-refractivity contribution in [2.45, 2.75) is 39.7 Å². The van der Waals surface area contributed by atoms with E-state index in [-0.39, 0.29) is 18.6 Å². The summed E-state index contributed by atoms with van der Waals surface area (Å²) in [6.45, 7) is 6.62. The van der Waals surface area contributed by atoms with Crippen molar-refractivity contribution in [3.05, 3.63) is 0 Å². The highest BCUT2D eigenvalue weighted by molar-refractivity contribution is 5.83. The number of aliphatic hydroxyl groups is 1. The monoisotopic (exact) mass is 272 g/mol. The number of rotatable bonds is 3. The Hall–Kier alpha value is -1.30. The molecule has 0 aromatic heterocycles. The van der Waals surface area contributed by atoms with E-state index in [1.807, 2.05) is 0 Å². The van der Waals surface area contributed by atoms with Crippen molar-refractivity contribution < 1.29 is 19.8 Å². The van der Waals surface area contributed by atoms with Gasteiger partial charge in [-0.05, 0) is 24.2 Å². The van der Waals surface area contributed by atoms with Crippen LogP contribution in [0.15, 0.2) is 0 Å². The second kappa shape index (κ2) is 6.23. The van der Waals surface area contributed by atoms with E-state index in [1.54, 1.807) is 25.7 Å². The van der Waals surface area contributed by atoms with Crippen LogP contribution in [-0.2, 0) is 4.79 Å². The van der Waals surface area contributed by atoms with Crippen molar-refractivity contribution in [1.82, 2.24) is 10.2 Å². The lowest BCUT2D eigenvalue weighted by atomic mass is 9.87. The maximum Gasteiger partial charge on any atom is 0.326 e. The summed E-state index contributed by atoms with van der Waals surface area (Å²) in [5, 5.41) is 20.8. The van der Waals surface area contributed by atoms with Gasteiger partial charge in [0.1, 0.15) is 6.04 Å². The molecule has 2 amide bonds. The number of hydrogen-bond acceptors (Lipinski definition) is 3. The average Bonchev–Trinajstić information content (AvgIpc) is 2.34. The molecule has 1 fully saturated rings. The minimum absolute atomic E-state index is 0.148. The third kappa shape index (κ3) is 4.38. The number of amides is 2. The van der Waals surface area contributed by atoms with E-state index in [0.29, 0.717) is 13.1 Å². The van der Waals surface area contributed by atoms with Gasteiger partial charge in [-0.3, -0.25) is 0 Å². The van der Waals surface area contributed by atoms with Crippen molar-refractivity contribution >= 4 is 12.0 Å². The molecule has 6 heteroatoms. The Morgan fingerprint density at radius 3 is 2.21 bits per heavy atom. The molecule has 3 N–H and O–H groups in total. The van der Waals surface area contributed by atoms with Gasteiger partial charge in [-0.15, -0.1) is 0 Å². The molecule has 110 valence electrons. The molecule has 0 aliphatic carbocycles. The van der Waals surface area contributed by atoms with Gasteiger partial charge >= 0.3 is 12.0 Å². The highest BCUT2D eigenvalue weighted by Gasteiger charge is 2.34. The fraction of sp³-hybridized carbons (Fsp3) is 0.846. The van der Waals surface area contributed by atoms with Crippen molar-refractivity contribution in [2.75, 3.05) is 19.7 Å². The quantitative estimate of drug-likeness (QED) is 0.712. The van der Waals surface area contributed by atoms with E-state index in [4.69, 9.17) is 10.2 Å². The van der Waals surface area contributed by atoms with Crippen LogP contribution in [0.3, 0.4) is 0 Å². The molecule has 0 unspecified atom stereocenters. The molecular weight excluding hydrogens is 248 g/mol. The Labute approximate surface area is 113 Å². The first-order chi connectivity index (χ1) is 8.75. The number of aliphatic hydroxyl groups excluding tert-OH is 1. The highest BCUT2D eigenvalue weighted by Crippen LogP contribution is 2.21. The van der Waals surface area contributed by atoms with Gasteiger partial charge in [0.25, 0.3) is 0 Å². The maximum absolute atomic E-state index is 12.0. The van der Waals surface area contributed by atoms with Gasteiger partial charge in [-0.1, -0.05) is 20.8 Å². The molecule has 0 spiro atoms. The van der Waals surface area contributed by atoms with Crippen LogP contribution in [0.25, 0.3) is 0 Å². The molecule has 0 aromatic rings. The number of carbonyl (C=O) groups excluding carboxylic acids is 1. The first kappa shape index (κ1) is 15.8. The number of piperidine rings is 1. The number of aliphatic carboxylic acids is 1. The van der Waals surface area contributed by atoms with E-state index >= 15 is 0 Å². The minimum atomic E-state index is -1.02. The maximum atomic E-state index is 12.0. The number of nitrogens with one attached hydrogen (secondary N) is 1. The van der Waals surface area contributed by atoms with Crippen LogP contribution in [0.5, 0.6) is 0 Å². The Morgan fingerprint density at radius 1 is 1.32 bits per heavy atom. The summed E-state index contributed by atoms with van der Waals surface area (Å²) < 4.78 is 0. The number of nitrogens with zero attached hydrogens (tertiary/aromatic N) is 1. The van der Waals surface area contributed by atoms with Crippen LogP contribution < -0.4 is 5.32 Å². The normalized spacial score (nSPS) is 19.1. The first-order valence-electron chi connectivity index (χ1n) is 6.64. The van der Waals surface area contributed by atoms with E-state index in [2.05, 4.69) is 5.32 Å². The summed E-state index contributed by atoms with van der Waals surface area (Å²) in [6, 6.07) is -1.24. The lowest BCUT2D eigenvalue weighted by Gasteiger charge is -2.34. The fourth-order valence-corrected chi connectivity index (χ4v) is 2.18. The Bertz CT molecular complexity index is 330. The van der Waals surface area contributed by atoms with Crippen LogP contribution in [-0.4, -0.2) is 52.9 Å². The Morgan fingerprint density at radius 2 is 1.84 bits per heavy atom. The van der Waals surface area contributed by atoms with E-state index in [0.717, 1.165) is 12.8 Å². The second-order valence-corrected chi connectivity index (χ2v) is 6.20. The third-order valence-electron chi connectivity index (χ3n) is 3.54. The molecule has 0 saturated carbocycles. The molecule has 19 heavy (non-hydrogen) atoms. The molecule has 0 bridgehead atoms. The first-order valence-corrected chi connectivity index (χ1v) is 6.64. The molecule has 1 aliphatic rings. The molecular formula is C13H24N2O4. The molecule has 0 aromatic carbocycles. The number of carboxylic acids is 1. The standard InChI is InChI=1S/C13H24N2O4/c1-13(2,3)10(11(17)18)14-12(19)15-6-4-9(8-16)5-7-15/h9-10,16H,4-8H2,1-3H3,(H,14,19)(H,17,18)/t10-/m1/s1. The number of likely N-dealkylation sites (tertiary alicyclic amines) is 1. The lowest BCUT2D eigenvalue weighted by Crippen LogP contribution is -2.54. The summed E-state index contributed by atoms with van der Waals surface area (Å²) in [6.07, 6.45) is 1.52. The van der Waals surface area contributed by atoms with Crippen LogP contribution in [0.2, 0.25) is 0 Å². The average molecular weight is 272 g/mol. The minimum Gasteiger partial charge on any atom is -0.480 e. The number of hydrogen-bond donors (Lipinski definition) is 3. The molecule has 1 rings (SSSR count). The molecule has 1 aliphatic heterocycles. The molecule has 1 heterocycles. The molecule has 1 atom stereocenters. The second-order valence-electron chi connectivity index (χ2n) is 6.20. The summed E-state index contributed by atoms with van der Waals surface area (Å²) in [5.74, 6) is -0.770. The molecule has 6 nitrogen and oxygen atoms in total. The van der Waals surface area contributed by atoms with Crippen LogP contribution in [0.1, 0.15) is 33.6 Å². The fourth-order valence-electron chi connectivity index (χ4n) is 2.18. The van der Waals surface area contributed by atoms with Gasteiger partial charge in [-0.25, -0.2) is 9.59 Å². The third-order valence-corrected chi connectivity index (χ3v) is 3.54. The van der Waals surface area contributed by atoms with Gasteiger partial charge in [0.2, 0.25) is 0 Å². The zero-order valence-electron chi connectivity index (χ0n) is 11.8. The van der Waals surface area contributed by atoms with Gasteiger partial charge in [-0.2, -0.15) is 0 Å². The van der Waals surface area contributed by atoms with E-state index in [1.165, 1.54) is 0 Å². The number of carboxylic acid groups (broad SMARTS) is 1. The van der Waals surface area contributed by atoms with Crippen molar-refractivity contribution in [1.29, 1.82) is 0 Å². The van der Waals surface area contributed by atoms with Crippen molar-refractivity contribution in [2.24, 2.45) is 11.3 Å². The largest absolute Gasteiger partial charge is 0.480 e. The zero-order valence-corrected chi connectivity index (χ0v) is 11.8. The van der Waals surface area contributed by atoms with Crippen LogP contribution in [0, 0.1) is 11.3 Å². The Balaban J connectivity index is 2.57.